The van der Waals surface area contributed by atoms with Crippen molar-refractivity contribution in [2.45, 2.75) is 45.4 Å². The molecule has 2 aliphatic rings. The lowest BCUT2D eigenvalue weighted by Crippen LogP contribution is -2.36. The van der Waals surface area contributed by atoms with Gasteiger partial charge in [0.1, 0.15) is 6.10 Å². The number of rotatable bonds is 4. The molecule has 1 saturated carbocycles. The van der Waals surface area contributed by atoms with Crippen LogP contribution in [0.5, 0.6) is 0 Å². The highest BCUT2D eigenvalue weighted by molar-refractivity contribution is 5.25. The molecule has 2 fully saturated rings. The van der Waals surface area contributed by atoms with Crippen molar-refractivity contribution in [1.29, 1.82) is 0 Å². The second-order valence-electron chi connectivity index (χ2n) is 6.01. The lowest BCUT2D eigenvalue weighted by Gasteiger charge is -2.29. The highest BCUT2D eigenvalue weighted by Gasteiger charge is 2.24. The summed E-state index contributed by atoms with van der Waals surface area (Å²) in [7, 11) is 2.11. The Balaban J connectivity index is 1.75. The summed E-state index contributed by atoms with van der Waals surface area (Å²) < 4.78 is 5.81. The van der Waals surface area contributed by atoms with E-state index in [1.165, 1.54) is 18.4 Å². The van der Waals surface area contributed by atoms with Crippen molar-refractivity contribution in [3.8, 4) is 0 Å². The zero-order valence-electron chi connectivity index (χ0n) is 12.6. The summed E-state index contributed by atoms with van der Waals surface area (Å²) in [5, 5.41) is 3.54. The zero-order valence-corrected chi connectivity index (χ0v) is 12.6. The summed E-state index contributed by atoms with van der Waals surface area (Å²) in [6.07, 6.45) is 2.62. The molecule has 0 spiro atoms. The van der Waals surface area contributed by atoms with Crippen LogP contribution in [-0.4, -0.2) is 47.7 Å². The first-order chi connectivity index (χ1) is 9.63. The maximum atomic E-state index is 5.81. The number of nitrogens with one attached hydrogen (secondary N) is 1. The third kappa shape index (κ3) is 3.16. The average molecular weight is 276 g/mol. The summed E-state index contributed by atoms with van der Waals surface area (Å²) in [6.45, 7) is 7.65. The lowest BCUT2D eigenvalue weighted by atomic mass is 10.1. The van der Waals surface area contributed by atoms with E-state index in [2.05, 4.69) is 41.1 Å². The molecule has 1 N–H and O–H groups in total. The highest BCUT2D eigenvalue weighted by Crippen LogP contribution is 2.23. The van der Waals surface area contributed by atoms with Gasteiger partial charge < -0.3 is 15.0 Å². The molecule has 5 nitrogen and oxygen atoms in total. The molecule has 5 heteroatoms. The predicted octanol–water partition coefficient (Wildman–Crippen LogP) is 1.35. The summed E-state index contributed by atoms with van der Waals surface area (Å²) in [5.74, 6) is 0.835. The van der Waals surface area contributed by atoms with Crippen molar-refractivity contribution in [3.05, 3.63) is 22.8 Å². The Kier molecular flexibility index (Phi) is 4.01. The van der Waals surface area contributed by atoms with Crippen LogP contribution in [0.4, 0.5) is 0 Å². The molecule has 1 atom stereocenters. The van der Waals surface area contributed by atoms with Crippen molar-refractivity contribution in [3.63, 3.8) is 0 Å². The molecule has 1 saturated heterocycles. The smallest absolute Gasteiger partial charge is 0.158 e. The average Bonchev–Trinajstić information content (AvgIpc) is 3.21. The maximum Gasteiger partial charge on any atom is 0.158 e. The first-order valence-corrected chi connectivity index (χ1v) is 7.51. The molecule has 110 valence electrons. The van der Waals surface area contributed by atoms with Gasteiger partial charge in [-0.05, 0) is 33.7 Å². The summed E-state index contributed by atoms with van der Waals surface area (Å²) in [6, 6.07) is 0.712. The molecule has 2 heterocycles. The number of aryl methyl sites for hydroxylation is 2. The van der Waals surface area contributed by atoms with Gasteiger partial charge in [-0.2, -0.15) is 0 Å². The fraction of sp³-hybridized carbons (Fsp3) is 0.733. The van der Waals surface area contributed by atoms with Crippen molar-refractivity contribution in [2.24, 2.45) is 0 Å². The number of morpholine rings is 1. The maximum absolute atomic E-state index is 5.81. The fourth-order valence-electron chi connectivity index (χ4n) is 2.63. The van der Waals surface area contributed by atoms with Crippen LogP contribution < -0.4 is 5.32 Å². The van der Waals surface area contributed by atoms with Crippen LogP contribution >= 0.6 is 0 Å². The van der Waals surface area contributed by atoms with Crippen LogP contribution in [0.15, 0.2) is 0 Å². The number of ether oxygens (including phenoxy) is 1. The Morgan fingerprint density at radius 2 is 1.95 bits per heavy atom. The molecule has 1 unspecified atom stereocenters. The topological polar surface area (TPSA) is 50.3 Å². The van der Waals surface area contributed by atoms with E-state index in [1.54, 1.807) is 0 Å². The number of nitrogens with zero attached hydrogens (tertiary/aromatic N) is 3. The van der Waals surface area contributed by atoms with Gasteiger partial charge in [-0.3, -0.25) is 0 Å². The van der Waals surface area contributed by atoms with Crippen LogP contribution in [0.3, 0.4) is 0 Å². The second-order valence-corrected chi connectivity index (χ2v) is 6.01. The van der Waals surface area contributed by atoms with E-state index < -0.39 is 0 Å². The highest BCUT2D eigenvalue weighted by atomic mass is 16.5. The van der Waals surface area contributed by atoms with E-state index in [4.69, 9.17) is 4.74 Å². The third-order valence-electron chi connectivity index (χ3n) is 4.14. The van der Waals surface area contributed by atoms with Gasteiger partial charge in [-0.25, -0.2) is 9.97 Å². The molecule has 0 amide bonds. The van der Waals surface area contributed by atoms with Gasteiger partial charge in [0.15, 0.2) is 5.82 Å². The Labute approximate surface area is 120 Å². The SMILES string of the molecule is Cc1nc(C2CN(C)CCO2)nc(C)c1CNC1CC1. The molecule has 1 aliphatic heterocycles. The van der Waals surface area contributed by atoms with Gasteiger partial charge in [0.2, 0.25) is 0 Å². The zero-order chi connectivity index (χ0) is 14.1. The quantitative estimate of drug-likeness (QED) is 0.899. The number of aromatic nitrogens is 2. The van der Waals surface area contributed by atoms with E-state index in [0.29, 0.717) is 6.04 Å². The van der Waals surface area contributed by atoms with Gasteiger partial charge in [0.05, 0.1) is 6.61 Å². The molecular formula is C15H24N4O. The Morgan fingerprint density at radius 1 is 1.25 bits per heavy atom. The molecule has 0 bridgehead atoms. The fourth-order valence-corrected chi connectivity index (χ4v) is 2.63. The summed E-state index contributed by atoms with van der Waals surface area (Å²) in [4.78, 5) is 11.6. The number of hydrogen-bond acceptors (Lipinski definition) is 5. The van der Waals surface area contributed by atoms with E-state index in [0.717, 1.165) is 43.5 Å². The normalized spacial score (nSPS) is 24.1. The first kappa shape index (κ1) is 13.9. The van der Waals surface area contributed by atoms with E-state index in [9.17, 15) is 0 Å². The molecule has 1 aliphatic carbocycles. The minimum atomic E-state index is 0.0107. The van der Waals surface area contributed by atoms with Crippen LogP contribution in [0.25, 0.3) is 0 Å². The predicted molar refractivity (Wildman–Crippen MR) is 77.6 cm³/mol. The van der Waals surface area contributed by atoms with Crippen molar-refractivity contribution >= 4 is 0 Å². The van der Waals surface area contributed by atoms with Crippen molar-refractivity contribution < 1.29 is 4.74 Å². The first-order valence-electron chi connectivity index (χ1n) is 7.51. The lowest BCUT2D eigenvalue weighted by molar-refractivity contribution is -0.0256. The Hall–Kier alpha value is -1.04. The number of likely N-dealkylation sites (N-methyl/N-ethyl adjacent to an activating group) is 1. The third-order valence-corrected chi connectivity index (χ3v) is 4.14. The number of hydrogen-bond donors (Lipinski definition) is 1. The van der Waals surface area contributed by atoms with Crippen molar-refractivity contribution in [1.82, 2.24) is 20.2 Å². The van der Waals surface area contributed by atoms with E-state index >= 15 is 0 Å². The molecule has 0 radical (unpaired) electrons. The largest absolute Gasteiger partial charge is 0.368 e. The monoisotopic (exact) mass is 276 g/mol. The second kappa shape index (κ2) is 5.76. The van der Waals surface area contributed by atoms with Gasteiger partial charge in [-0.1, -0.05) is 0 Å². The molecule has 1 aromatic heterocycles. The minimum absolute atomic E-state index is 0.0107. The molecular weight excluding hydrogens is 252 g/mol. The van der Waals surface area contributed by atoms with Gasteiger partial charge in [0, 0.05) is 42.6 Å². The van der Waals surface area contributed by atoms with E-state index in [-0.39, 0.29) is 6.10 Å². The van der Waals surface area contributed by atoms with Gasteiger partial charge >= 0.3 is 0 Å². The van der Waals surface area contributed by atoms with E-state index in [1.807, 2.05) is 0 Å². The van der Waals surface area contributed by atoms with Crippen molar-refractivity contribution in [2.75, 3.05) is 26.7 Å². The molecule has 1 aromatic rings. The van der Waals surface area contributed by atoms with Gasteiger partial charge in [-0.15, -0.1) is 0 Å². The Bertz CT molecular complexity index is 464. The van der Waals surface area contributed by atoms with Crippen LogP contribution in [-0.2, 0) is 11.3 Å². The minimum Gasteiger partial charge on any atom is -0.368 e. The molecule has 3 rings (SSSR count). The summed E-state index contributed by atoms with van der Waals surface area (Å²) in [5.41, 5.74) is 3.40. The molecule has 0 aromatic carbocycles. The van der Waals surface area contributed by atoms with Gasteiger partial charge in [0.25, 0.3) is 0 Å². The Morgan fingerprint density at radius 3 is 2.55 bits per heavy atom. The van der Waals surface area contributed by atoms with Crippen LogP contribution in [0.2, 0.25) is 0 Å². The molecule has 20 heavy (non-hydrogen) atoms. The summed E-state index contributed by atoms with van der Waals surface area (Å²) >= 11 is 0. The standard InChI is InChI=1S/C15H24N4O/c1-10-13(8-16-12-4-5-12)11(2)18-15(17-10)14-9-19(3)6-7-20-14/h12,14,16H,4-9H2,1-3H3. The van der Waals surface area contributed by atoms with Crippen LogP contribution in [0.1, 0.15) is 41.7 Å². The van der Waals surface area contributed by atoms with Crippen LogP contribution in [0, 0.1) is 13.8 Å².